The molecule has 0 saturated heterocycles. The molecule has 17 heavy (non-hydrogen) atoms. The number of benzene rings is 1. The zero-order valence-electron chi connectivity index (χ0n) is 9.52. The van der Waals surface area contributed by atoms with Crippen LogP contribution >= 0.6 is 23.2 Å². The second-order valence-corrected chi connectivity index (χ2v) is 4.20. The van der Waals surface area contributed by atoms with Gasteiger partial charge in [0.15, 0.2) is 0 Å². The zero-order valence-corrected chi connectivity index (χ0v) is 11.0. The third-order valence-corrected chi connectivity index (χ3v) is 2.58. The van der Waals surface area contributed by atoms with Crippen LogP contribution in [0.2, 0.25) is 10.0 Å². The quantitative estimate of drug-likeness (QED) is 0.724. The molecule has 6 heteroatoms. The number of amides is 2. The highest BCUT2D eigenvalue weighted by atomic mass is 35.5. The van der Waals surface area contributed by atoms with Crippen LogP contribution in [0.25, 0.3) is 0 Å². The number of carbonyl (C=O) groups excluding carboxylic acids is 1. The molecule has 0 spiro atoms. The Labute approximate surface area is 111 Å². The van der Waals surface area contributed by atoms with Gasteiger partial charge in [0.2, 0.25) is 0 Å². The fourth-order valence-corrected chi connectivity index (χ4v) is 1.54. The lowest BCUT2D eigenvalue weighted by atomic mass is 10.3. The molecule has 1 aromatic rings. The normalized spacial score (nSPS) is 10.1. The van der Waals surface area contributed by atoms with Gasteiger partial charge in [0.25, 0.3) is 0 Å². The van der Waals surface area contributed by atoms with Crippen molar-refractivity contribution in [3.8, 4) is 0 Å². The minimum Gasteiger partial charge on any atom is -0.337 e. The molecule has 0 radical (unpaired) electrons. The largest absolute Gasteiger partial charge is 0.337 e. The van der Waals surface area contributed by atoms with E-state index in [4.69, 9.17) is 23.2 Å². The molecule has 2 amide bonds. The van der Waals surface area contributed by atoms with Crippen molar-refractivity contribution in [2.24, 2.45) is 0 Å². The second kappa shape index (κ2) is 7.37. The Kier molecular flexibility index (Phi) is 6.11. The van der Waals surface area contributed by atoms with Crippen molar-refractivity contribution in [3.05, 3.63) is 28.2 Å². The smallest absolute Gasteiger partial charge is 0.319 e. The summed E-state index contributed by atoms with van der Waals surface area (Å²) < 4.78 is 0. The predicted octanol–water partition coefficient (Wildman–Crippen LogP) is 2.72. The average molecular weight is 276 g/mol. The summed E-state index contributed by atoms with van der Waals surface area (Å²) in [5.41, 5.74) is 0.500. The molecule has 1 rings (SSSR count). The molecular formula is C11H15Cl2N3O. The van der Waals surface area contributed by atoms with Crippen molar-refractivity contribution < 1.29 is 4.79 Å². The number of likely N-dealkylation sites (N-methyl/N-ethyl adjacent to an activating group) is 1. The molecule has 0 aliphatic rings. The number of hydrogen-bond donors (Lipinski definition) is 3. The lowest BCUT2D eigenvalue weighted by Crippen LogP contribution is -2.34. The van der Waals surface area contributed by atoms with Gasteiger partial charge in [-0.25, -0.2) is 4.79 Å². The second-order valence-electron chi connectivity index (χ2n) is 3.36. The molecule has 0 bridgehead atoms. The van der Waals surface area contributed by atoms with Crippen LogP contribution in [0.3, 0.4) is 0 Å². The minimum atomic E-state index is -0.299. The molecule has 94 valence electrons. The fraction of sp³-hybridized carbons (Fsp3) is 0.364. The van der Waals surface area contributed by atoms with Gasteiger partial charge in [-0.05, 0) is 24.7 Å². The molecule has 0 aliphatic carbocycles. The summed E-state index contributed by atoms with van der Waals surface area (Å²) in [5.74, 6) is 0. The van der Waals surface area contributed by atoms with Gasteiger partial charge in [0.05, 0.1) is 10.7 Å². The highest BCUT2D eigenvalue weighted by molar-refractivity contribution is 6.35. The first-order chi connectivity index (χ1) is 8.13. The van der Waals surface area contributed by atoms with Crippen molar-refractivity contribution in [1.29, 1.82) is 0 Å². The van der Waals surface area contributed by atoms with E-state index in [0.29, 0.717) is 22.3 Å². The van der Waals surface area contributed by atoms with Gasteiger partial charge in [-0.3, -0.25) is 0 Å². The van der Waals surface area contributed by atoms with Gasteiger partial charge in [-0.2, -0.15) is 0 Å². The Morgan fingerprint density at radius 2 is 2.06 bits per heavy atom. The number of halogens is 2. The van der Waals surface area contributed by atoms with Gasteiger partial charge in [0, 0.05) is 18.1 Å². The van der Waals surface area contributed by atoms with E-state index in [1.54, 1.807) is 18.2 Å². The highest BCUT2D eigenvalue weighted by Crippen LogP contribution is 2.25. The number of urea groups is 1. The summed E-state index contributed by atoms with van der Waals surface area (Å²) in [6.45, 7) is 4.17. The lowest BCUT2D eigenvalue weighted by molar-refractivity contribution is 0.252. The van der Waals surface area contributed by atoms with Crippen molar-refractivity contribution in [1.82, 2.24) is 10.6 Å². The summed E-state index contributed by atoms with van der Waals surface area (Å²) in [6, 6.07) is 4.61. The summed E-state index contributed by atoms with van der Waals surface area (Å²) in [7, 11) is 0. The SMILES string of the molecule is CCNCCNC(=O)Nc1cc(Cl)ccc1Cl. The molecule has 0 aliphatic heterocycles. The van der Waals surface area contributed by atoms with Crippen LogP contribution in [-0.4, -0.2) is 25.7 Å². The zero-order chi connectivity index (χ0) is 12.7. The molecule has 0 unspecified atom stereocenters. The molecule has 0 atom stereocenters. The first-order valence-corrected chi connectivity index (χ1v) is 6.09. The summed E-state index contributed by atoms with van der Waals surface area (Å²) >= 11 is 11.7. The van der Waals surface area contributed by atoms with Gasteiger partial charge >= 0.3 is 6.03 Å². The van der Waals surface area contributed by atoms with Crippen LogP contribution in [0.15, 0.2) is 18.2 Å². The van der Waals surface area contributed by atoms with Crippen molar-refractivity contribution in [3.63, 3.8) is 0 Å². The predicted molar refractivity (Wildman–Crippen MR) is 72.0 cm³/mol. The number of rotatable bonds is 5. The first kappa shape index (κ1) is 14.1. The van der Waals surface area contributed by atoms with E-state index in [1.807, 2.05) is 6.92 Å². The lowest BCUT2D eigenvalue weighted by Gasteiger charge is -2.09. The number of nitrogens with one attached hydrogen (secondary N) is 3. The number of anilines is 1. The van der Waals surface area contributed by atoms with E-state index in [-0.39, 0.29) is 6.03 Å². The van der Waals surface area contributed by atoms with Crippen molar-refractivity contribution >= 4 is 34.9 Å². The van der Waals surface area contributed by atoms with Crippen LogP contribution in [-0.2, 0) is 0 Å². The molecule has 0 aromatic heterocycles. The van der Waals surface area contributed by atoms with E-state index in [0.717, 1.165) is 13.1 Å². The van der Waals surface area contributed by atoms with Crippen LogP contribution in [0.1, 0.15) is 6.92 Å². The molecule has 0 saturated carbocycles. The molecule has 3 N–H and O–H groups in total. The summed E-state index contributed by atoms with van der Waals surface area (Å²) in [5, 5.41) is 9.41. The van der Waals surface area contributed by atoms with Crippen molar-refractivity contribution in [2.75, 3.05) is 25.0 Å². The standard InChI is InChI=1S/C11H15Cl2N3O/c1-2-14-5-6-15-11(17)16-10-7-8(12)3-4-9(10)13/h3-4,7,14H,2,5-6H2,1H3,(H2,15,16,17). The number of carbonyl (C=O) groups is 1. The van der Waals surface area contributed by atoms with Gasteiger partial charge in [-0.1, -0.05) is 30.1 Å². The van der Waals surface area contributed by atoms with E-state index in [1.165, 1.54) is 0 Å². The third-order valence-electron chi connectivity index (χ3n) is 2.01. The average Bonchev–Trinajstić information content (AvgIpc) is 2.29. The van der Waals surface area contributed by atoms with Crippen LogP contribution in [0.4, 0.5) is 10.5 Å². The maximum absolute atomic E-state index is 11.5. The van der Waals surface area contributed by atoms with Gasteiger partial charge in [-0.15, -0.1) is 0 Å². The van der Waals surface area contributed by atoms with Gasteiger partial charge in [0.1, 0.15) is 0 Å². The summed E-state index contributed by atoms with van der Waals surface area (Å²) in [6.07, 6.45) is 0. The Balaban J connectivity index is 2.42. The van der Waals surface area contributed by atoms with Crippen molar-refractivity contribution in [2.45, 2.75) is 6.92 Å². The van der Waals surface area contributed by atoms with E-state index in [9.17, 15) is 4.79 Å². The van der Waals surface area contributed by atoms with Crippen LogP contribution < -0.4 is 16.0 Å². The topological polar surface area (TPSA) is 53.2 Å². The molecule has 1 aromatic carbocycles. The summed E-state index contributed by atoms with van der Waals surface area (Å²) in [4.78, 5) is 11.5. The van der Waals surface area contributed by atoms with Crippen LogP contribution in [0.5, 0.6) is 0 Å². The maximum Gasteiger partial charge on any atom is 0.319 e. The Morgan fingerprint density at radius 3 is 2.76 bits per heavy atom. The Hall–Kier alpha value is -0.970. The minimum absolute atomic E-state index is 0.299. The monoisotopic (exact) mass is 275 g/mol. The first-order valence-electron chi connectivity index (χ1n) is 5.34. The van der Waals surface area contributed by atoms with E-state index < -0.39 is 0 Å². The van der Waals surface area contributed by atoms with Gasteiger partial charge < -0.3 is 16.0 Å². The van der Waals surface area contributed by atoms with Crippen LogP contribution in [0, 0.1) is 0 Å². The molecule has 0 fully saturated rings. The third kappa shape index (κ3) is 5.26. The fourth-order valence-electron chi connectivity index (χ4n) is 1.20. The molecular weight excluding hydrogens is 261 g/mol. The molecule has 0 heterocycles. The van der Waals surface area contributed by atoms with E-state index >= 15 is 0 Å². The number of hydrogen-bond acceptors (Lipinski definition) is 2. The van der Waals surface area contributed by atoms with E-state index in [2.05, 4.69) is 16.0 Å². The maximum atomic E-state index is 11.5. The Morgan fingerprint density at radius 1 is 1.29 bits per heavy atom. The molecule has 4 nitrogen and oxygen atoms in total. The highest BCUT2D eigenvalue weighted by Gasteiger charge is 2.05. The Bertz CT molecular complexity index is 385.